The van der Waals surface area contributed by atoms with E-state index in [1.165, 1.54) is 4.31 Å². The summed E-state index contributed by atoms with van der Waals surface area (Å²) in [7, 11) is -1.82. The monoisotopic (exact) mass is 294 g/mol. The van der Waals surface area contributed by atoms with Crippen LogP contribution in [0.3, 0.4) is 0 Å². The van der Waals surface area contributed by atoms with Gasteiger partial charge < -0.3 is 9.67 Å². The summed E-state index contributed by atoms with van der Waals surface area (Å²) >= 11 is 0. The number of hydrogen-bond donors (Lipinski definition) is 1. The summed E-state index contributed by atoms with van der Waals surface area (Å²) in [5.41, 5.74) is 0.889. The van der Waals surface area contributed by atoms with E-state index in [2.05, 4.69) is 0 Å². The lowest BCUT2D eigenvalue weighted by molar-refractivity contribution is 0.251. The Morgan fingerprint density at radius 2 is 1.90 bits per heavy atom. The van der Waals surface area contributed by atoms with E-state index >= 15 is 0 Å². The maximum Gasteiger partial charge on any atom is 0.244 e. The topological polar surface area (TPSA) is 62.5 Å². The largest absolute Gasteiger partial charge is 0.395 e. The molecule has 0 amide bonds. The van der Waals surface area contributed by atoms with E-state index in [-0.39, 0.29) is 24.6 Å². The molecule has 1 heterocycles. The molecule has 6 heteroatoms. The van der Waals surface area contributed by atoms with Crippen molar-refractivity contribution in [1.82, 2.24) is 8.87 Å². The highest BCUT2D eigenvalue weighted by atomic mass is 32.2. The second kappa shape index (κ2) is 6.21. The molecule has 0 fully saturated rings. The summed E-state index contributed by atoms with van der Waals surface area (Å²) in [6.45, 7) is 0.115. The molecule has 0 radical (unpaired) electrons. The first-order valence-corrected chi connectivity index (χ1v) is 7.75. The fraction of sp³-hybridized carbons (Fsp3) is 0.286. The third-order valence-corrected chi connectivity index (χ3v) is 4.82. The number of aliphatic hydroxyl groups excluding tert-OH is 1. The van der Waals surface area contributed by atoms with Crippen molar-refractivity contribution in [2.24, 2.45) is 7.05 Å². The zero-order valence-electron chi connectivity index (χ0n) is 11.3. The van der Waals surface area contributed by atoms with Crippen LogP contribution in [0.25, 0.3) is 0 Å². The molecule has 0 saturated heterocycles. The Kier molecular flexibility index (Phi) is 4.59. The third-order valence-electron chi connectivity index (χ3n) is 2.99. The average Bonchev–Trinajstić information content (AvgIpc) is 2.87. The lowest BCUT2D eigenvalue weighted by Crippen LogP contribution is -2.33. The molecular formula is C14H18N2O3S. The van der Waals surface area contributed by atoms with Crippen molar-refractivity contribution in [3.63, 3.8) is 0 Å². The van der Waals surface area contributed by atoms with Crippen molar-refractivity contribution in [2.75, 3.05) is 13.2 Å². The molecule has 1 aromatic carbocycles. The number of benzene rings is 1. The molecule has 0 aliphatic heterocycles. The van der Waals surface area contributed by atoms with Crippen LogP contribution in [0.1, 0.15) is 5.56 Å². The Balaban J connectivity index is 2.28. The normalized spacial score (nSPS) is 11.9. The third kappa shape index (κ3) is 3.27. The Labute approximate surface area is 119 Å². The van der Waals surface area contributed by atoms with Gasteiger partial charge in [-0.2, -0.15) is 4.31 Å². The molecule has 20 heavy (non-hydrogen) atoms. The minimum atomic E-state index is -3.59. The van der Waals surface area contributed by atoms with Gasteiger partial charge in [0.2, 0.25) is 10.0 Å². The molecule has 2 aromatic rings. The molecule has 0 unspecified atom stereocenters. The number of aryl methyl sites for hydroxylation is 1. The van der Waals surface area contributed by atoms with E-state index in [1.807, 2.05) is 30.3 Å². The van der Waals surface area contributed by atoms with Gasteiger partial charge >= 0.3 is 0 Å². The molecule has 0 bridgehead atoms. The second-order valence-electron chi connectivity index (χ2n) is 4.56. The lowest BCUT2D eigenvalue weighted by Gasteiger charge is -2.20. The SMILES string of the molecule is Cn1ccc(S(=O)(=O)N(CCO)Cc2ccccc2)c1. The summed E-state index contributed by atoms with van der Waals surface area (Å²) in [5, 5.41) is 9.12. The van der Waals surface area contributed by atoms with Crippen LogP contribution in [0, 0.1) is 0 Å². The lowest BCUT2D eigenvalue weighted by atomic mass is 10.2. The van der Waals surface area contributed by atoms with Gasteiger partial charge in [0, 0.05) is 32.5 Å². The van der Waals surface area contributed by atoms with Crippen LogP contribution in [0.4, 0.5) is 0 Å². The van der Waals surface area contributed by atoms with E-state index in [9.17, 15) is 8.42 Å². The fourth-order valence-electron chi connectivity index (χ4n) is 1.96. The highest BCUT2D eigenvalue weighted by Gasteiger charge is 2.24. The maximum atomic E-state index is 12.5. The number of aromatic nitrogens is 1. The molecule has 0 saturated carbocycles. The van der Waals surface area contributed by atoms with Crippen molar-refractivity contribution in [1.29, 1.82) is 0 Å². The molecular weight excluding hydrogens is 276 g/mol. The zero-order chi connectivity index (χ0) is 14.6. The standard InChI is InChI=1S/C14H18N2O3S/c1-15-8-7-14(12-15)20(18,19)16(9-10-17)11-13-5-3-2-4-6-13/h2-8,12,17H,9-11H2,1H3. The second-order valence-corrected chi connectivity index (χ2v) is 6.50. The number of nitrogens with zero attached hydrogens (tertiary/aromatic N) is 2. The van der Waals surface area contributed by atoms with Crippen molar-refractivity contribution < 1.29 is 13.5 Å². The van der Waals surface area contributed by atoms with Crippen LogP contribution in [-0.2, 0) is 23.6 Å². The van der Waals surface area contributed by atoms with Gasteiger partial charge in [0.15, 0.2) is 0 Å². The van der Waals surface area contributed by atoms with Gasteiger partial charge in [-0.05, 0) is 11.6 Å². The number of hydrogen-bond acceptors (Lipinski definition) is 3. The molecule has 1 N–H and O–H groups in total. The highest BCUT2D eigenvalue weighted by molar-refractivity contribution is 7.89. The Bertz CT molecular complexity index is 650. The summed E-state index contributed by atoms with van der Waals surface area (Å²) < 4.78 is 28.1. The van der Waals surface area contributed by atoms with Crippen molar-refractivity contribution in [2.45, 2.75) is 11.4 Å². The molecule has 2 rings (SSSR count). The first kappa shape index (κ1) is 14.8. The van der Waals surface area contributed by atoms with Crippen LogP contribution < -0.4 is 0 Å². The summed E-state index contributed by atoms with van der Waals surface area (Å²) in [4.78, 5) is 0.240. The zero-order valence-corrected chi connectivity index (χ0v) is 12.1. The van der Waals surface area contributed by atoms with E-state index in [0.717, 1.165) is 5.56 Å². The summed E-state index contributed by atoms with van der Waals surface area (Å²) in [6, 6.07) is 10.9. The molecule has 0 atom stereocenters. The fourth-order valence-corrected chi connectivity index (χ4v) is 3.43. The highest BCUT2D eigenvalue weighted by Crippen LogP contribution is 2.18. The van der Waals surface area contributed by atoms with Crippen molar-refractivity contribution in [3.05, 3.63) is 54.4 Å². The van der Waals surface area contributed by atoms with Crippen molar-refractivity contribution >= 4 is 10.0 Å². The van der Waals surface area contributed by atoms with Gasteiger partial charge in [0.25, 0.3) is 0 Å². The molecule has 0 aliphatic rings. The first-order chi connectivity index (χ1) is 9.54. The Morgan fingerprint density at radius 1 is 1.20 bits per heavy atom. The Morgan fingerprint density at radius 3 is 2.45 bits per heavy atom. The minimum Gasteiger partial charge on any atom is -0.395 e. The van der Waals surface area contributed by atoms with Crippen LogP contribution in [-0.4, -0.2) is 35.5 Å². The van der Waals surface area contributed by atoms with Gasteiger partial charge in [-0.1, -0.05) is 30.3 Å². The minimum absolute atomic E-state index is 0.0755. The van der Waals surface area contributed by atoms with Crippen molar-refractivity contribution in [3.8, 4) is 0 Å². The van der Waals surface area contributed by atoms with Gasteiger partial charge in [-0.15, -0.1) is 0 Å². The van der Waals surface area contributed by atoms with E-state index in [0.29, 0.717) is 0 Å². The molecule has 0 aliphatic carbocycles. The molecule has 1 aromatic heterocycles. The summed E-state index contributed by atoms with van der Waals surface area (Å²) in [6.07, 6.45) is 3.25. The molecule has 108 valence electrons. The van der Waals surface area contributed by atoms with E-state index < -0.39 is 10.0 Å². The van der Waals surface area contributed by atoms with Crippen LogP contribution in [0.2, 0.25) is 0 Å². The number of sulfonamides is 1. The van der Waals surface area contributed by atoms with Gasteiger partial charge in [0.1, 0.15) is 0 Å². The maximum absolute atomic E-state index is 12.5. The van der Waals surface area contributed by atoms with Crippen LogP contribution in [0.15, 0.2) is 53.7 Å². The predicted molar refractivity (Wildman–Crippen MR) is 76.5 cm³/mol. The quantitative estimate of drug-likeness (QED) is 0.871. The summed E-state index contributed by atoms with van der Waals surface area (Å²) in [5.74, 6) is 0. The van der Waals surface area contributed by atoms with Gasteiger partial charge in [-0.3, -0.25) is 0 Å². The van der Waals surface area contributed by atoms with E-state index in [4.69, 9.17) is 5.11 Å². The molecule has 0 spiro atoms. The first-order valence-electron chi connectivity index (χ1n) is 6.31. The number of rotatable bonds is 6. The Hall–Kier alpha value is -1.63. The van der Waals surface area contributed by atoms with E-state index in [1.54, 1.807) is 30.1 Å². The smallest absolute Gasteiger partial charge is 0.244 e. The average molecular weight is 294 g/mol. The van der Waals surface area contributed by atoms with Crippen LogP contribution >= 0.6 is 0 Å². The van der Waals surface area contributed by atoms with Gasteiger partial charge in [-0.25, -0.2) is 8.42 Å². The van der Waals surface area contributed by atoms with Gasteiger partial charge in [0.05, 0.1) is 11.5 Å². The molecule has 5 nitrogen and oxygen atoms in total. The number of aliphatic hydroxyl groups is 1. The van der Waals surface area contributed by atoms with Crippen LogP contribution in [0.5, 0.6) is 0 Å². The predicted octanol–water partition coefficient (Wildman–Crippen LogP) is 1.21.